The van der Waals surface area contributed by atoms with Gasteiger partial charge in [-0.25, -0.2) is 0 Å². The van der Waals surface area contributed by atoms with Crippen LogP contribution in [-0.4, -0.2) is 135 Å². The van der Waals surface area contributed by atoms with Gasteiger partial charge in [0.05, 0.1) is 31.5 Å². The van der Waals surface area contributed by atoms with E-state index < -0.39 is 73.8 Å². The molecular weight excluding hydrogens is 676 g/mol. The van der Waals surface area contributed by atoms with Crippen molar-refractivity contribution in [1.29, 1.82) is 0 Å². The SMILES string of the molecule is C[C@@H]1O[C@@H](O[C@H]2[C@H](O[C@H]3CC[C@@]4(C)C(=CC[C@H]5[C@H]6C[C@@H]7O[C@]8(CC[C@@H](CO)CO8)[C@@H](C)[C@@H]7[C@@]6(C)CC[C@@H]54)C3)O[C@H](CO)[C@@H](O)[C@@H]2O)[C@H](O)[C@H](O)[C@H]1O. The molecule has 4 aliphatic carbocycles. The predicted molar refractivity (Wildman–Crippen MR) is 183 cm³/mol. The van der Waals surface area contributed by atoms with Crippen LogP contribution in [0.2, 0.25) is 0 Å². The quantitative estimate of drug-likeness (QED) is 0.193. The monoisotopic (exact) mass is 738 g/mol. The van der Waals surface area contributed by atoms with E-state index in [1.54, 1.807) is 0 Å². The third-order valence-corrected chi connectivity index (χ3v) is 15.7. The number of allylic oxidation sites excluding steroid dienone is 1. The van der Waals surface area contributed by atoms with Gasteiger partial charge in [-0.15, -0.1) is 0 Å². The average Bonchev–Trinajstić information content (AvgIpc) is 3.58. The Morgan fingerprint density at radius 2 is 1.60 bits per heavy atom. The maximum absolute atomic E-state index is 11.1. The van der Waals surface area contributed by atoms with Crippen LogP contribution < -0.4 is 0 Å². The van der Waals surface area contributed by atoms with Crippen LogP contribution in [0.15, 0.2) is 11.6 Å². The highest BCUT2D eigenvalue weighted by molar-refractivity contribution is 5.26. The lowest BCUT2D eigenvalue weighted by Gasteiger charge is -2.58. The van der Waals surface area contributed by atoms with Gasteiger partial charge in [0.1, 0.15) is 42.7 Å². The fourth-order valence-corrected chi connectivity index (χ4v) is 12.6. The molecule has 3 saturated carbocycles. The van der Waals surface area contributed by atoms with Crippen LogP contribution in [0.25, 0.3) is 0 Å². The zero-order chi connectivity index (χ0) is 36.9. The van der Waals surface area contributed by atoms with E-state index in [1.165, 1.54) is 25.3 Å². The number of hydrogen-bond acceptors (Lipinski definition) is 13. The molecule has 21 atom stereocenters. The highest BCUT2D eigenvalue weighted by Gasteiger charge is 2.69. The molecule has 1 spiro atoms. The molecule has 52 heavy (non-hydrogen) atoms. The van der Waals surface area contributed by atoms with Gasteiger partial charge in [-0.3, -0.25) is 0 Å². The second-order valence-corrected chi connectivity index (χ2v) is 18.2. The lowest BCUT2D eigenvalue weighted by atomic mass is 9.47. The van der Waals surface area contributed by atoms with Crippen molar-refractivity contribution < 1.29 is 64.2 Å². The fraction of sp³-hybridized carbons (Fsp3) is 0.949. The van der Waals surface area contributed by atoms with E-state index in [9.17, 15) is 35.7 Å². The Hall–Kier alpha value is -0.780. The predicted octanol–water partition coefficient (Wildman–Crippen LogP) is 1.36. The van der Waals surface area contributed by atoms with Gasteiger partial charge in [0.15, 0.2) is 18.4 Å². The number of rotatable bonds is 6. The molecule has 4 aliphatic heterocycles. The van der Waals surface area contributed by atoms with E-state index in [0.29, 0.717) is 42.6 Å². The Bertz CT molecular complexity index is 1320. The minimum absolute atomic E-state index is 0.0289. The van der Waals surface area contributed by atoms with Gasteiger partial charge in [-0.05, 0) is 92.8 Å². The van der Waals surface area contributed by atoms with Crippen LogP contribution in [0, 0.1) is 46.3 Å². The van der Waals surface area contributed by atoms with Crippen molar-refractivity contribution in [1.82, 2.24) is 0 Å². The molecule has 296 valence electrons. The second kappa shape index (κ2) is 14.0. The molecule has 4 heterocycles. The summed E-state index contributed by atoms with van der Waals surface area (Å²) >= 11 is 0. The lowest BCUT2D eigenvalue weighted by molar-refractivity contribution is -0.369. The van der Waals surface area contributed by atoms with Crippen molar-refractivity contribution >= 4 is 0 Å². The summed E-state index contributed by atoms with van der Waals surface area (Å²) in [6, 6.07) is 0. The maximum atomic E-state index is 11.1. The number of fused-ring (bicyclic) bond motifs is 7. The third-order valence-electron chi connectivity index (χ3n) is 15.7. The Morgan fingerprint density at radius 1 is 0.808 bits per heavy atom. The molecule has 0 unspecified atom stereocenters. The van der Waals surface area contributed by atoms with Crippen molar-refractivity contribution in [3.05, 3.63) is 11.6 Å². The van der Waals surface area contributed by atoms with Crippen LogP contribution in [0.3, 0.4) is 0 Å². The smallest absolute Gasteiger partial charge is 0.187 e. The summed E-state index contributed by atoms with van der Waals surface area (Å²) in [4.78, 5) is 0. The number of ether oxygens (including phenoxy) is 6. The summed E-state index contributed by atoms with van der Waals surface area (Å²) in [5.74, 6) is 2.17. The van der Waals surface area contributed by atoms with E-state index >= 15 is 0 Å². The summed E-state index contributed by atoms with van der Waals surface area (Å²) in [7, 11) is 0. The lowest BCUT2D eigenvalue weighted by Crippen LogP contribution is -2.64. The van der Waals surface area contributed by atoms with Crippen molar-refractivity contribution in [2.75, 3.05) is 19.8 Å². The molecule has 0 amide bonds. The van der Waals surface area contributed by atoms with Crippen LogP contribution in [-0.2, 0) is 28.4 Å². The molecule has 8 rings (SSSR count). The first-order valence-corrected chi connectivity index (χ1v) is 20.0. The van der Waals surface area contributed by atoms with E-state index in [4.69, 9.17) is 28.4 Å². The minimum Gasteiger partial charge on any atom is -0.396 e. The van der Waals surface area contributed by atoms with Crippen LogP contribution in [0.4, 0.5) is 0 Å². The minimum atomic E-state index is -1.62. The molecule has 13 nitrogen and oxygen atoms in total. The molecule has 7 N–H and O–H groups in total. The molecule has 4 saturated heterocycles. The van der Waals surface area contributed by atoms with Gasteiger partial charge in [0.2, 0.25) is 0 Å². The topological polar surface area (TPSA) is 197 Å². The summed E-state index contributed by atoms with van der Waals surface area (Å²) in [5.41, 5.74) is 1.60. The molecule has 0 bridgehead atoms. The van der Waals surface area contributed by atoms with Crippen LogP contribution >= 0.6 is 0 Å². The zero-order valence-electron chi connectivity index (χ0n) is 31.0. The van der Waals surface area contributed by atoms with Crippen molar-refractivity contribution in [3.63, 3.8) is 0 Å². The number of aliphatic hydroxyl groups is 7. The molecule has 8 aliphatic rings. The Morgan fingerprint density at radius 3 is 2.31 bits per heavy atom. The first kappa shape index (κ1) is 38.1. The zero-order valence-corrected chi connectivity index (χ0v) is 31.0. The summed E-state index contributed by atoms with van der Waals surface area (Å²) < 4.78 is 37.5. The third kappa shape index (κ3) is 5.90. The molecule has 13 heteroatoms. The van der Waals surface area contributed by atoms with Gasteiger partial charge in [-0.2, -0.15) is 0 Å². The van der Waals surface area contributed by atoms with E-state index in [-0.39, 0.29) is 35.6 Å². The first-order valence-electron chi connectivity index (χ1n) is 20.0. The van der Waals surface area contributed by atoms with E-state index in [1.807, 2.05) is 0 Å². The van der Waals surface area contributed by atoms with Gasteiger partial charge in [-0.1, -0.05) is 32.4 Å². The highest BCUT2D eigenvalue weighted by atomic mass is 16.8. The van der Waals surface area contributed by atoms with Gasteiger partial charge in [0.25, 0.3) is 0 Å². The first-order chi connectivity index (χ1) is 24.7. The molecule has 0 aromatic heterocycles. The van der Waals surface area contributed by atoms with Crippen molar-refractivity contribution in [2.45, 2.75) is 165 Å². The van der Waals surface area contributed by atoms with E-state index in [2.05, 4.69) is 26.8 Å². The highest BCUT2D eigenvalue weighted by Crippen LogP contribution is 2.70. The Kier molecular flexibility index (Phi) is 10.3. The molecular formula is C39H62O13. The number of hydrogen-bond donors (Lipinski definition) is 7. The van der Waals surface area contributed by atoms with Crippen LogP contribution in [0.1, 0.15) is 85.5 Å². The summed E-state index contributed by atoms with van der Waals surface area (Å²) in [6.45, 7) is 9.02. The van der Waals surface area contributed by atoms with Crippen molar-refractivity contribution in [3.8, 4) is 0 Å². The summed E-state index contributed by atoms with van der Waals surface area (Å²) in [6.07, 6.45) is -2.45. The Labute approximate surface area is 306 Å². The van der Waals surface area contributed by atoms with E-state index in [0.717, 1.165) is 38.5 Å². The fourth-order valence-electron chi connectivity index (χ4n) is 12.6. The Balaban J connectivity index is 0.958. The normalized spacial score (nSPS) is 57.5. The maximum Gasteiger partial charge on any atom is 0.187 e. The molecule has 0 aromatic rings. The van der Waals surface area contributed by atoms with Crippen LogP contribution in [0.5, 0.6) is 0 Å². The average molecular weight is 739 g/mol. The largest absolute Gasteiger partial charge is 0.396 e. The van der Waals surface area contributed by atoms with Gasteiger partial charge < -0.3 is 64.2 Å². The molecule has 7 fully saturated rings. The molecule has 0 radical (unpaired) electrons. The van der Waals surface area contributed by atoms with Gasteiger partial charge >= 0.3 is 0 Å². The molecule has 0 aromatic carbocycles. The second-order valence-electron chi connectivity index (χ2n) is 18.2. The number of aliphatic hydroxyl groups excluding tert-OH is 7. The van der Waals surface area contributed by atoms with Crippen molar-refractivity contribution in [2.24, 2.45) is 46.3 Å². The van der Waals surface area contributed by atoms with Gasteiger partial charge in [0, 0.05) is 24.9 Å². The standard InChI is InChI=1S/C39H62O13/c1-18-28-26(52-39(18)12-7-20(15-40)17-47-39)14-25-23-6-5-21-13-22(8-10-37(21,3)24(23)9-11-38(25,28)4)49-36-34(32(45)30(43)27(16-41)50-36)51-35-33(46)31(44)29(42)19(2)48-35/h5,18-20,22-36,40-46H,6-17H2,1-4H3/t18-,19-,20-,22-,23+,24-,25+,26-,27+,28-,29-,30+,31+,32-,33+,34+,35-,36+,37-,38-,39+/m0/s1. The summed E-state index contributed by atoms with van der Waals surface area (Å²) in [5, 5.41) is 72.6.